The fourth-order valence-corrected chi connectivity index (χ4v) is 2.84. The van der Waals surface area contributed by atoms with Gasteiger partial charge >= 0.3 is 0 Å². The molecule has 0 atom stereocenters. The Labute approximate surface area is 128 Å². The van der Waals surface area contributed by atoms with E-state index in [0.717, 1.165) is 18.2 Å². The quantitative estimate of drug-likeness (QED) is 0.897. The molecule has 0 aliphatic carbocycles. The summed E-state index contributed by atoms with van der Waals surface area (Å²) in [5, 5.41) is 8.70. The molecule has 0 unspecified atom stereocenters. The molecule has 0 saturated heterocycles. The van der Waals surface area contributed by atoms with Gasteiger partial charge in [0, 0.05) is 0 Å². The molecule has 2 aromatic carbocycles. The van der Waals surface area contributed by atoms with Crippen LogP contribution in [0.15, 0.2) is 45.8 Å². The molecule has 8 heteroatoms. The van der Waals surface area contributed by atoms with Crippen LogP contribution >= 0.6 is 15.9 Å². The number of hydrogen-bond acceptors (Lipinski definition) is 3. The summed E-state index contributed by atoms with van der Waals surface area (Å²) in [5.41, 5.74) is -0.284. The summed E-state index contributed by atoms with van der Waals surface area (Å²) >= 11 is 2.92. The van der Waals surface area contributed by atoms with Crippen molar-refractivity contribution < 1.29 is 17.2 Å². The molecule has 0 saturated carbocycles. The van der Waals surface area contributed by atoms with Crippen molar-refractivity contribution in [2.24, 2.45) is 0 Å². The van der Waals surface area contributed by atoms with Gasteiger partial charge in [-0.05, 0) is 52.3 Å². The van der Waals surface area contributed by atoms with Gasteiger partial charge in [-0.2, -0.15) is 5.26 Å². The molecule has 0 amide bonds. The highest BCUT2D eigenvalue weighted by Crippen LogP contribution is 2.22. The van der Waals surface area contributed by atoms with Gasteiger partial charge < -0.3 is 0 Å². The molecule has 0 aromatic heterocycles. The summed E-state index contributed by atoms with van der Waals surface area (Å²) in [6.45, 7) is 0. The predicted octanol–water partition coefficient (Wildman–Crippen LogP) is 3.40. The minimum absolute atomic E-state index is 0.0104. The lowest BCUT2D eigenvalue weighted by Crippen LogP contribution is -2.13. The largest absolute Gasteiger partial charge is 0.280 e. The van der Waals surface area contributed by atoms with E-state index in [0.29, 0.717) is 0 Å². The lowest BCUT2D eigenvalue weighted by Gasteiger charge is -2.09. The second kappa shape index (κ2) is 5.79. The summed E-state index contributed by atoms with van der Waals surface area (Å²) in [5.74, 6) is -1.48. The van der Waals surface area contributed by atoms with Crippen LogP contribution in [0, 0.1) is 23.0 Å². The van der Waals surface area contributed by atoms with Crippen LogP contribution in [-0.4, -0.2) is 8.42 Å². The van der Waals surface area contributed by atoms with Gasteiger partial charge in [-0.3, -0.25) is 4.72 Å². The summed E-state index contributed by atoms with van der Waals surface area (Å²) < 4.78 is 53.0. The zero-order chi connectivity index (χ0) is 15.6. The maximum absolute atomic E-state index is 13.4. The Balaban J connectivity index is 2.37. The third-order valence-electron chi connectivity index (χ3n) is 2.54. The van der Waals surface area contributed by atoms with E-state index in [1.807, 2.05) is 0 Å². The Bertz CT molecular complexity index is 848. The van der Waals surface area contributed by atoms with Crippen molar-refractivity contribution in [3.63, 3.8) is 0 Å². The molecule has 0 aliphatic rings. The Morgan fingerprint density at radius 1 is 1.10 bits per heavy atom. The molecule has 0 bridgehead atoms. The first-order valence-corrected chi connectivity index (χ1v) is 7.78. The van der Waals surface area contributed by atoms with Gasteiger partial charge in [-0.15, -0.1) is 0 Å². The normalized spacial score (nSPS) is 11.0. The third-order valence-corrected chi connectivity index (χ3v) is 4.56. The van der Waals surface area contributed by atoms with Crippen LogP contribution < -0.4 is 4.72 Å². The molecule has 0 spiro atoms. The van der Waals surface area contributed by atoms with Crippen molar-refractivity contribution in [3.05, 3.63) is 58.1 Å². The highest BCUT2D eigenvalue weighted by molar-refractivity contribution is 9.10. The molecular weight excluding hydrogens is 366 g/mol. The van der Waals surface area contributed by atoms with Crippen LogP contribution in [0.5, 0.6) is 0 Å². The molecule has 4 nitrogen and oxygen atoms in total. The van der Waals surface area contributed by atoms with Gasteiger partial charge in [0.1, 0.15) is 17.7 Å². The molecule has 2 aromatic rings. The number of halogens is 3. The Morgan fingerprint density at radius 3 is 2.43 bits per heavy atom. The first kappa shape index (κ1) is 15.4. The highest BCUT2D eigenvalue weighted by atomic mass is 79.9. The van der Waals surface area contributed by atoms with Crippen LogP contribution in [-0.2, 0) is 10.0 Å². The molecular formula is C13H7BrF2N2O2S. The average Bonchev–Trinajstić information content (AvgIpc) is 2.43. The highest BCUT2D eigenvalue weighted by Gasteiger charge is 2.16. The number of nitrogens with one attached hydrogen (secondary N) is 1. The minimum atomic E-state index is -4.03. The minimum Gasteiger partial charge on any atom is -0.280 e. The molecule has 2 rings (SSSR count). The first-order valence-electron chi connectivity index (χ1n) is 5.51. The SMILES string of the molecule is N#Cc1cc(NS(=O)(=O)c2ccc(Br)c(F)c2)ccc1F. The van der Waals surface area contributed by atoms with Crippen LogP contribution in [0.4, 0.5) is 14.5 Å². The van der Waals surface area contributed by atoms with E-state index in [4.69, 9.17) is 5.26 Å². The van der Waals surface area contributed by atoms with Crippen molar-refractivity contribution in [2.45, 2.75) is 4.90 Å². The number of benzene rings is 2. The van der Waals surface area contributed by atoms with Crippen LogP contribution in [0.25, 0.3) is 0 Å². The summed E-state index contributed by atoms with van der Waals surface area (Å²) in [6.07, 6.45) is 0. The second-order valence-corrected chi connectivity index (χ2v) is 6.52. The zero-order valence-electron chi connectivity index (χ0n) is 10.3. The number of hydrogen-bond donors (Lipinski definition) is 1. The number of nitrogens with zero attached hydrogens (tertiary/aromatic N) is 1. The van der Waals surface area contributed by atoms with Gasteiger partial charge in [-0.25, -0.2) is 17.2 Å². The van der Waals surface area contributed by atoms with E-state index in [9.17, 15) is 17.2 Å². The maximum Gasteiger partial charge on any atom is 0.261 e. The first-order chi connectivity index (χ1) is 9.83. The molecule has 108 valence electrons. The summed E-state index contributed by atoms with van der Waals surface area (Å²) in [7, 11) is -4.03. The van der Waals surface area contributed by atoms with Gasteiger partial charge in [0.2, 0.25) is 0 Å². The average molecular weight is 373 g/mol. The molecule has 0 radical (unpaired) electrons. The molecule has 0 heterocycles. The van der Waals surface area contributed by atoms with E-state index < -0.39 is 21.7 Å². The Morgan fingerprint density at radius 2 is 1.81 bits per heavy atom. The van der Waals surface area contributed by atoms with Crippen molar-refractivity contribution in [2.75, 3.05) is 4.72 Å². The standard InChI is InChI=1S/C13H7BrF2N2O2S/c14-11-3-2-10(6-13(11)16)21(19,20)18-9-1-4-12(15)8(5-9)7-17/h1-6,18H. The van der Waals surface area contributed by atoms with Crippen molar-refractivity contribution in [1.82, 2.24) is 0 Å². The van der Waals surface area contributed by atoms with E-state index in [1.54, 1.807) is 6.07 Å². The molecule has 1 N–H and O–H groups in total. The summed E-state index contributed by atoms with van der Waals surface area (Å²) in [4.78, 5) is -0.286. The molecule has 0 fully saturated rings. The fraction of sp³-hybridized carbons (Fsp3) is 0. The van der Waals surface area contributed by atoms with E-state index in [2.05, 4.69) is 20.7 Å². The number of anilines is 1. The van der Waals surface area contributed by atoms with Gasteiger partial charge in [-0.1, -0.05) is 0 Å². The summed E-state index contributed by atoms with van der Waals surface area (Å²) in [6, 6.07) is 8.12. The van der Waals surface area contributed by atoms with Gasteiger partial charge in [0.15, 0.2) is 0 Å². The van der Waals surface area contributed by atoms with Gasteiger partial charge in [0.25, 0.3) is 10.0 Å². The van der Waals surface area contributed by atoms with E-state index >= 15 is 0 Å². The van der Waals surface area contributed by atoms with Crippen LogP contribution in [0.1, 0.15) is 5.56 Å². The van der Waals surface area contributed by atoms with Crippen molar-refractivity contribution >= 4 is 31.6 Å². The van der Waals surface area contributed by atoms with Crippen LogP contribution in [0.3, 0.4) is 0 Å². The monoisotopic (exact) mass is 372 g/mol. The maximum atomic E-state index is 13.4. The van der Waals surface area contributed by atoms with Crippen LogP contribution in [0.2, 0.25) is 0 Å². The Hall–Kier alpha value is -1.98. The molecule has 0 aliphatic heterocycles. The topological polar surface area (TPSA) is 70.0 Å². The second-order valence-electron chi connectivity index (χ2n) is 3.99. The fourth-order valence-electron chi connectivity index (χ4n) is 1.53. The third kappa shape index (κ3) is 3.37. The van der Waals surface area contributed by atoms with Gasteiger partial charge in [0.05, 0.1) is 20.6 Å². The zero-order valence-corrected chi connectivity index (χ0v) is 12.7. The van der Waals surface area contributed by atoms with Crippen molar-refractivity contribution in [3.8, 4) is 6.07 Å². The predicted molar refractivity (Wildman–Crippen MR) is 76.0 cm³/mol. The van der Waals surface area contributed by atoms with E-state index in [-0.39, 0.29) is 20.6 Å². The lowest BCUT2D eigenvalue weighted by molar-refractivity contribution is 0.593. The lowest BCUT2D eigenvalue weighted by atomic mass is 10.2. The smallest absolute Gasteiger partial charge is 0.261 e. The number of nitriles is 1. The Kier molecular flexibility index (Phi) is 4.25. The van der Waals surface area contributed by atoms with E-state index in [1.165, 1.54) is 18.2 Å². The number of sulfonamides is 1. The molecule has 21 heavy (non-hydrogen) atoms. The number of rotatable bonds is 3. The van der Waals surface area contributed by atoms with Crippen molar-refractivity contribution in [1.29, 1.82) is 5.26 Å².